The summed E-state index contributed by atoms with van der Waals surface area (Å²) in [5.41, 5.74) is 6.82. The SMILES string of the molecule is NC(=O)c1cccc(CCNC(=O)c2cccnc2Oc2ccc(F)cc2Br)c1. The standard InChI is InChI=1S/C21H17BrFN3O3/c22-17-12-15(23)6-7-18(17)29-21-16(5-2-9-26-21)20(28)25-10-8-13-3-1-4-14(11-13)19(24)27/h1-7,9,11-12H,8,10H2,(H2,24,27)(H,25,28). The highest BCUT2D eigenvalue weighted by molar-refractivity contribution is 9.10. The summed E-state index contributed by atoms with van der Waals surface area (Å²) in [5.74, 6) is -0.837. The highest BCUT2D eigenvalue weighted by Gasteiger charge is 2.15. The number of carbonyl (C=O) groups is 2. The first kappa shape index (κ1) is 20.5. The summed E-state index contributed by atoms with van der Waals surface area (Å²) in [5, 5.41) is 2.80. The van der Waals surface area contributed by atoms with E-state index in [9.17, 15) is 14.0 Å². The molecule has 0 aliphatic rings. The number of nitrogens with one attached hydrogen (secondary N) is 1. The van der Waals surface area contributed by atoms with Crippen LogP contribution in [0.2, 0.25) is 0 Å². The Labute approximate surface area is 175 Å². The van der Waals surface area contributed by atoms with Crippen LogP contribution in [0.3, 0.4) is 0 Å². The van der Waals surface area contributed by atoms with Crippen molar-refractivity contribution in [2.75, 3.05) is 6.54 Å². The van der Waals surface area contributed by atoms with Gasteiger partial charge < -0.3 is 15.8 Å². The van der Waals surface area contributed by atoms with E-state index in [1.807, 2.05) is 6.07 Å². The van der Waals surface area contributed by atoms with Gasteiger partial charge in [-0.3, -0.25) is 9.59 Å². The number of primary amides is 1. The number of rotatable bonds is 7. The monoisotopic (exact) mass is 457 g/mol. The smallest absolute Gasteiger partial charge is 0.256 e. The fourth-order valence-electron chi connectivity index (χ4n) is 2.60. The number of halogens is 2. The van der Waals surface area contributed by atoms with Crippen LogP contribution >= 0.6 is 15.9 Å². The molecular weight excluding hydrogens is 441 g/mol. The summed E-state index contributed by atoms with van der Waals surface area (Å²) >= 11 is 3.22. The lowest BCUT2D eigenvalue weighted by Crippen LogP contribution is -2.26. The highest BCUT2D eigenvalue weighted by atomic mass is 79.9. The minimum atomic E-state index is -0.500. The summed E-state index contributed by atoms with van der Waals surface area (Å²) < 4.78 is 19.3. The van der Waals surface area contributed by atoms with Crippen LogP contribution in [0.1, 0.15) is 26.3 Å². The van der Waals surface area contributed by atoms with Gasteiger partial charge in [-0.1, -0.05) is 12.1 Å². The Morgan fingerprint density at radius 2 is 1.97 bits per heavy atom. The lowest BCUT2D eigenvalue weighted by molar-refractivity contribution is 0.0949. The predicted octanol–water partition coefficient (Wildman–Crippen LogP) is 3.85. The van der Waals surface area contributed by atoms with E-state index in [1.165, 1.54) is 24.4 Å². The van der Waals surface area contributed by atoms with Crippen molar-refractivity contribution in [3.8, 4) is 11.6 Å². The van der Waals surface area contributed by atoms with E-state index in [0.717, 1.165) is 5.56 Å². The zero-order chi connectivity index (χ0) is 20.8. The fraction of sp³-hybridized carbons (Fsp3) is 0.0952. The van der Waals surface area contributed by atoms with Crippen LogP contribution in [0.25, 0.3) is 0 Å². The molecule has 3 rings (SSSR count). The van der Waals surface area contributed by atoms with Gasteiger partial charge in [-0.15, -0.1) is 0 Å². The Balaban J connectivity index is 1.67. The maximum atomic E-state index is 13.3. The van der Waals surface area contributed by atoms with Crippen molar-refractivity contribution in [1.29, 1.82) is 0 Å². The molecule has 0 bridgehead atoms. The maximum absolute atomic E-state index is 13.3. The van der Waals surface area contributed by atoms with Crippen LogP contribution in [-0.2, 0) is 6.42 Å². The fourth-order valence-corrected chi connectivity index (χ4v) is 3.03. The molecule has 0 saturated carbocycles. The van der Waals surface area contributed by atoms with Crippen LogP contribution in [-0.4, -0.2) is 23.3 Å². The van der Waals surface area contributed by atoms with Crippen LogP contribution in [0, 0.1) is 5.82 Å². The van der Waals surface area contributed by atoms with E-state index in [4.69, 9.17) is 10.5 Å². The second-order valence-corrected chi connectivity index (χ2v) is 6.96. The van der Waals surface area contributed by atoms with Gasteiger partial charge in [-0.25, -0.2) is 9.37 Å². The van der Waals surface area contributed by atoms with Crippen molar-refractivity contribution >= 4 is 27.7 Å². The van der Waals surface area contributed by atoms with Gasteiger partial charge in [-0.05, 0) is 70.4 Å². The average molecular weight is 458 g/mol. The first-order valence-corrected chi connectivity index (χ1v) is 9.48. The first-order valence-electron chi connectivity index (χ1n) is 8.69. The highest BCUT2D eigenvalue weighted by Crippen LogP contribution is 2.30. The number of nitrogens with zero attached hydrogens (tertiary/aromatic N) is 1. The molecule has 148 valence electrons. The topological polar surface area (TPSA) is 94.3 Å². The predicted molar refractivity (Wildman–Crippen MR) is 109 cm³/mol. The minimum absolute atomic E-state index is 0.105. The van der Waals surface area contributed by atoms with Crippen LogP contribution in [0.15, 0.2) is 65.3 Å². The van der Waals surface area contributed by atoms with E-state index in [2.05, 4.69) is 26.2 Å². The number of ether oxygens (including phenoxy) is 1. The number of amides is 2. The van der Waals surface area contributed by atoms with Crippen molar-refractivity contribution < 1.29 is 18.7 Å². The second kappa shape index (κ2) is 9.29. The lowest BCUT2D eigenvalue weighted by Gasteiger charge is -2.11. The third-order valence-corrected chi connectivity index (χ3v) is 4.65. The number of carbonyl (C=O) groups excluding carboxylic acids is 2. The molecule has 0 aliphatic heterocycles. The molecule has 0 aliphatic carbocycles. The van der Waals surface area contributed by atoms with Crippen molar-refractivity contribution in [1.82, 2.24) is 10.3 Å². The molecule has 0 fully saturated rings. The third kappa shape index (κ3) is 5.39. The Kier molecular flexibility index (Phi) is 6.56. The Hall–Kier alpha value is -3.26. The maximum Gasteiger partial charge on any atom is 0.256 e. The molecule has 2 aromatic carbocycles. The summed E-state index contributed by atoms with van der Waals surface area (Å²) in [4.78, 5) is 27.9. The molecule has 29 heavy (non-hydrogen) atoms. The average Bonchev–Trinajstić information content (AvgIpc) is 2.70. The van der Waals surface area contributed by atoms with Gasteiger partial charge in [-0.2, -0.15) is 0 Å². The number of benzene rings is 2. The van der Waals surface area contributed by atoms with Crippen LogP contribution in [0.5, 0.6) is 11.6 Å². The number of hydrogen-bond donors (Lipinski definition) is 2. The van der Waals surface area contributed by atoms with Crippen molar-refractivity contribution in [3.63, 3.8) is 0 Å². The van der Waals surface area contributed by atoms with Crippen molar-refractivity contribution in [2.45, 2.75) is 6.42 Å². The van der Waals surface area contributed by atoms with E-state index in [1.54, 1.807) is 30.3 Å². The summed E-state index contributed by atoms with van der Waals surface area (Å²) in [7, 11) is 0. The molecule has 3 N–H and O–H groups in total. The zero-order valence-electron chi connectivity index (χ0n) is 15.2. The summed E-state index contributed by atoms with van der Waals surface area (Å²) in [6.45, 7) is 0.343. The van der Waals surface area contributed by atoms with Crippen molar-refractivity contribution in [2.24, 2.45) is 5.73 Å². The van der Waals surface area contributed by atoms with E-state index < -0.39 is 11.7 Å². The van der Waals surface area contributed by atoms with Crippen LogP contribution < -0.4 is 15.8 Å². The Bertz CT molecular complexity index is 1060. The minimum Gasteiger partial charge on any atom is -0.437 e. The van der Waals surface area contributed by atoms with Gasteiger partial charge >= 0.3 is 0 Å². The molecule has 0 radical (unpaired) electrons. The number of pyridine rings is 1. The van der Waals surface area contributed by atoms with Gasteiger partial charge in [0.05, 0.1) is 4.47 Å². The lowest BCUT2D eigenvalue weighted by atomic mass is 10.1. The Morgan fingerprint density at radius 1 is 1.14 bits per heavy atom. The summed E-state index contributed by atoms with van der Waals surface area (Å²) in [6.07, 6.45) is 2.02. The van der Waals surface area contributed by atoms with Gasteiger partial charge in [0, 0.05) is 18.3 Å². The normalized spacial score (nSPS) is 10.4. The van der Waals surface area contributed by atoms with E-state index in [0.29, 0.717) is 28.8 Å². The number of hydrogen-bond acceptors (Lipinski definition) is 4. The number of aromatic nitrogens is 1. The first-order chi connectivity index (χ1) is 13.9. The largest absolute Gasteiger partial charge is 0.437 e. The molecule has 0 atom stereocenters. The molecule has 0 unspecified atom stereocenters. The molecule has 1 aromatic heterocycles. The molecule has 3 aromatic rings. The third-order valence-electron chi connectivity index (χ3n) is 4.03. The quantitative estimate of drug-likeness (QED) is 0.563. The molecule has 8 heteroatoms. The molecule has 0 spiro atoms. The zero-order valence-corrected chi connectivity index (χ0v) is 16.8. The van der Waals surface area contributed by atoms with E-state index in [-0.39, 0.29) is 17.4 Å². The van der Waals surface area contributed by atoms with Gasteiger partial charge in [0.2, 0.25) is 11.8 Å². The molecule has 6 nitrogen and oxygen atoms in total. The second-order valence-electron chi connectivity index (χ2n) is 6.10. The van der Waals surface area contributed by atoms with E-state index >= 15 is 0 Å². The van der Waals surface area contributed by atoms with Crippen molar-refractivity contribution in [3.05, 3.63) is 87.8 Å². The molecular formula is C21H17BrFN3O3. The molecule has 1 heterocycles. The van der Waals surface area contributed by atoms with Gasteiger partial charge in [0.1, 0.15) is 17.1 Å². The summed E-state index contributed by atoms with van der Waals surface area (Å²) in [6, 6.07) is 14.1. The Morgan fingerprint density at radius 3 is 2.72 bits per heavy atom. The van der Waals surface area contributed by atoms with Gasteiger partial charge in [0.25, 0.3) is 5.91 Å². The molecule has 2 amide bonds. The number of nitrogens with two attached hydrogens (primary N) is 1. The van der Waals surface area contributed by atoms with Gasteiger partial charge in [0.15, 0.2) is 0 Å². The molecule has 0 saturated heterocycles. The van der Waals surface area contributed by atoms with Crippen LogP contribution in [0.4, 0.5) is 4.39 Å².